The molecule has 0 aliphatic carbocycles. The van der Waals surface area contributed by atoms with Crippen molar-refractivity contribution in [2.75, 3.05) is 0 Å². The predicted molar refractivity (Wildman–Crippen MR) is 56.0 cm³/mol. The van der Waals surface area contributed by atoms with Crippen LogP contribution in [0.5, 0.6) is 0 Å². The number of hydrogen-bond acceptors (Lipinski definition) is 2. The average molecular weight is 192 g/mol. The Morgan fingerprint density at radius 1 is 1.21 bits per heavy atom. The highest BCUT2D eigenvalue weighted by atomic mass is 16.6. The van der Waals surface area contributed by atoms with Crippen LogP contribution in [0.4, 0.5) is 5.69 Å². The molecule has 0 bridgehead atoms. The summed E-state index contributed by atoms with van der Waals surface area (Å²) in [5.74, 6) is 1.33. The molecule has 0 unspecified atom stereocenters. The molecule has 0 atom stereocenters. The zero-order valence-electron chi connectivity index (χ0n) is 8.49. The van der Waals surface area contributed by atoms with Crippen LogP contribution in [0, 0.1) is 16.0 Å². The third-order valence-corrected chi connectivity index (χ3v) is 2.34. The van der Waals surface area contributed by atoms with E-state index in [2.05, 4.69) is 13.8 Å². The lowest BCUT2D eigenvalue weighted by Gasteiger charge is -2.10. The van der Waals surface area contributed by atoms with Crippen molar-refractivity contribution in [2.45, 2.75) is 26.7 Å². The molecule has 0 aliphatic heterocycles. The molecule has 1 aromatic rings. The Morgan fingerprint density at radius 3 is 2.07 bits per heavy atom. The minimum atomic E-state index is -0.374. The molecule has 1 radical (unpaired) electrons. The summed E-state index contributed by atoms with van der Waals surface area (Å²) in [6.45, 7) is 4.19. The smallest absolute Gasteiger partial charge is 0.258 e. The van der Waals surface area contributed by atoms with Crippen LogP contribution in [-0.4, -0.2) is 4.92 Å². The molecular formula is C11H14NO2. The van der Waals surface area contributed by atoms with Gasteiger partial charge in [0.25, 0.3) is 5.69 Å². The monoisotopic (exact) mass is 192 g/mol. The van der Waals surface area contributed by atoms with Crippen LogP contribution in [0.15, 0.2) is 24.3 Å². The third-order valence-electron chi connectivity index (χ3n) is 2.34. The molecule has 0 heterocycles. The van der Waals surface area contributed by atoms with Crippen LogP contribution >= 0.6 is 0 Å². The van der Waals surface area contributed by atoms with E-state index in [9.17, 15) is 10.1 Å². The Labute approximate surface area is 83.9 Å². The molecule has 0 saturated heterocycles. The van der Waals surface area contributed by atoms with Gasteiger partial charge in [0, 0.05) is 18.1 Å². The van der Waals surface area contributed by atoms with Crippen molar-refractivity contribution in [3.8, 4) is 0 Å². The van der Waals surface area contributed by atoms with E-state index in [1.807, 2.05) is 12.1 Å². The van der Waals surface area contributed by atoms with Crippen molar-refractivity contribution in [1.82, 2.24) is 0 Å². The maximum atomic E-state index is 10.4. The summed E-state index contributed by atoms with van der Waals surface area (Å²) >= 11 is 0. The van der Waals surface area contributed by atoms with E-state index in [0.29, 0.717) is 0 Å². The minimum absolute atomic E-state index is 0.153. The van der Waals surface area contributed by atoms with Gasteiger partial charge in [0.1, 0.15) is 0 Å². The van der Waals surface area contributed by atoms with Gasteiger partial charge in [-0.3, -0.25) is 10.1 Å². The summed E-state index contributed by atoms with van der Waals surface area (Å²) in [6.07, 6.45) is 1.99. The van der Waals surface area contributed by atoms with Crippen molar-refractivity contribution >= 4 is 5.69 Å². The second-order valence-electron chi connectivity index (χ2n) is 3.11. The Hall–Kier alpha value is -1.38. The summed E-state index contributed by atoms with van der Waals surface area (Å²) < 4.78 is 0. The molecular weight excluding hydrogens is 178 g/mol. The number of hydrogen-bond donors (Lipinski definition) is 0. The Balaban J connectivity index is 2.87. The summed E-state index contributed by atoms with van der Waals surface area (Å²) in [7, 11) is 0. The van der Waals surface area contributed by atoms with Crippen molar-refractivity contribution in [1.29, 1.82) is 0 Å². The maximum absolute atomic E-state index is 10.4. The highest BCUT2D eigenvalue weighted by Crippen LogP contribution is 2.23. The first kappa shape index (κ1) is 10.7. The lowest BCUT2D eigenvalue weighted by Crippen LogP contribution is -1.96. The second-order valence-corrected chi connectivity index (χ2v) is 3.11. The Bertz CT molecular complexity index is 302. The summed E-state index contributed by atoms with van der Waals surface area (Å²) in [5, 5.41) is 10.4. The van der Waals surface area contributed by atoms with Gasteiger partial charge in [0.15, 0.2) is 0 Å². The number of rotatable bonds is 4. The lowest BCUT2D eigenvalue weighted by molar-refractivity contribution is -0.384. The molecule has 3 heteroatoms. The van der Waals surface area contributed by atoms with Gasteiger partial charge in [0.05, 0.1) is 4.92 Å². The van der Waals surface area contributed by atoms with Gasteiger partial charge in [-0.15, -0.1) is 0 Å². The lowest BCUT2D eigenvalue weighted by atomic mass is 9.94. The van der Waals surface area contributed by atoms with Gasteiger partial charge in [-0.1, -0.05) is 26.0 Å². The maximum Gasteiger partial charge on any atom is 0.269 e. The van der Waals surface area contributed by atoms with Gasteiger partial charge >= 0.3 is 0 Å². The molecule has 14 heavy (non-hydrogen) atoms. The predicted octanol–water partition coefficient (Wildman–Crippen LogP) is 3.34. The van der Waals surface area contributed by atoms with E-state index in [4.69, 9.17) is 0 Å². The molecule has 1 aromatic carbocycles. The van der Waals surface area contributed by atoms with Crippen molar-refractivity contribution in [3.05, 3.63) is 45.9 Å². The quantitative estimate of drug-likeness (QED) is 0.542. The molecule has 0 amide bonds. The zero-order chi connectivity index (χ0) is 10.6. The fourth-order valence-corrected chi connectivity index (χ4v) is 1.48. The Kier molecular flexibility index (Phi) is 3.63. The van der Waals surface area contributed by atoms with Crippen LogP contribution in [0.1, 0.15) is 32.3 Å². The normalized spacial score (nSPS) is 10.5. The average Bonchev–Trinajstić information content (AvgIpc) is 2.20. The summed E-state index contributed by atoms with van der Waals surface area (Å²) in [4.78, 5) is 10.0. The summed E-state index contributed by atoms with van der Waals surface area (Å²) in [5.41, 5.74) is 1.26. The third kappa shape index (κ3) is 2.31. The molecule has 3 nitrogen and oxygen atoms in total. The van der Waals surface area contributed by atoms with Crippen LogP contribution < -0.4 is 0 Å². The van der Waals surface area contributed by atoms with Crippen molar-refractivity contribution in [2.24, 2.45) is 0 Å². The first-order chi connectivity index (χ1) is 6.69. The first-order valence-corrected chi connectivity index (χ1v) is 4.78. The van der Waals surface area contributed by atoms with E-state index in [1.54, 1.807) is 12.1 Å². The number of nitro benzene ring substituents is 1. The van der Waals surface area contributed by atoms with Gasteiger partial charge < -0.3 is 0 Å². The molecule has 0 N–H and O–H groups in total. The second kappa shape index (κ2) is 4.74. The minimum Gasteiger partial charge on any atom is -0.258 e. The highest BCUT2D eigenvalue weighted by molar-refractivity contribution is 5.38. The molecule has 0 fully saturated rings. The van der Waals surface area contributed by atoms with E-state index >= 15 is 0 Å². The van der Waals surface area contributed by atoms with Crippen LogP contribution in [0.25, 0.3) is 0 Å². The summed E-state index contributed by atoms with van der Waals surface area (Å²) in [6, 6.07) is 6.75. The van der Waals surface area contributed by atoms with E-state index in [0.717, 1.165) is 18.4 Å². The molecule has 0 spiro atoms. The van der Waals surface area contributed by atoms with Gasteiger partial charge in [-0.05, 0) is 18.4 Å². The van der Waals surface area contributed by atoms with Crippen LogP contribution in [0.2, 0.25) is 0 Å². The SMILES string of the molecule is CC[C](CC)c1ccc([N+](=O)[O-])cc1. The number of nitrogens with zero attached hydrogens (tertiary/aromatic N) is 1. The molecule has 1 rings (SSSR count). The number of non-ortho nitro benzene ring substituents is 1. The molecule has 75 valence electrons. The van der Waals surface area contributed by atoms with E-state index in [1.165, 1.54) is 5.92 Å². The fraction of sp³-hybridized carbons (Fsp3) is 0.364. The Morgan fingerprint density at radius 2 is 1.71 bits per heavy atom. The number of benzene rings is 1. The van der Waals surface area contributed by atoms with Crippen molar-refractivity contribution in [3.63, 3.8) is 0 Å². The molecule has 0 aromatic heterocycles. The highest BCUT2D eigenvalue weighted by Gasteiger charge is 2.09. The van der Waals surface area contributed by atoms with E-state index < -0.39 is 0 Å². The zero-order valence-corrected chi connectivity index (χ0v) is 8.49. The topological polar surface area (TPSA) is 43.1 Å². The first-order valence-electron chi connectivity index (χ1n) is 4.78. The number of nitro groups is 1. The van der Waals surface area contributed by atoms with Gasteiger partial charge in [-0.25, -0.2) is 0 Å². The molecule has 0 saturated carbocycles. The van der Waals surface area contributed by atoms with Crippen LogP contribution in [0.3, 0.4) is 0 Å². The van der Waals surface area contributed by atoms with Crippen molar-refractivity contribution < 1.29 is 4.92 Å². The van der Waals surface area contributed by atoms with Gasteiger partial charge in [0.2, 0.25) is 0 Å². The standard InChI is InChI=1S/C11H14NO2/c1-3-9(4-2)10-5-7-11(8-6-10)12(13)14/h5-8H,3-4H2,1-2H3. The fourth-order valence-electron chi connectivity index (χ4n) is 1.48. The van der Waals surface area contributed by atoms with E-state index in [-0.39, 0.29) is 10.6 Å². The molecule has 0 aliphatic rings. The van der Waals surface area contributed by atoms with Crippen LogP contribution in [-0.2, 0) is 0 Å². The van der Waals surface area contributed by atoms with Gasteiger partial charge in [-0.2, -0.15) is 0 Å². The largest absolute Gasteiger partial charge is 0.269 e.